The maximum Gasteiger partial charge on any atom is 0.416 e. The fourth-order valence-corrected chi connectivity index (χ4v) is 3.19. The molecular weight excluding hydrogens is 534 g/mol. The van der Waals surface area contributed by atoms with Gasteiger partial charge in [0.25, 0.3) is 0 Å². The van der Waals surface area contributed by atoms with E-state index in [0.29, 0.717) is 24.6 Å². The minimum atomic E-state index is -4.38. The number of carbonyl (C=O) groups is 1. The number of carbonyl (C=O) groups excluding carboxylic acids is 1. The number of benzene rings is 1. The Labute approximate surface area is 204 Å². The lowest BCUT2D eigenvalue weighted by atomic mass is 10.1. The van der Waals surface area contributed by atoms with E-state index in [1.54, 1.807) is 13.1 Å². The lowest BCUT2D eigenvalue weighted by molar-refractivity contribution is -0.137. The third-order valence-corrected chi connectivity index (χ3v) is 4.86. The maximum atomic E-state index is 12.8. The van der Waals surface area contributed by atoms with Crippen molar-refractivity contribution >= 4 is 35.8 Å². The summed E-state index contributed by atoms with van der Waals surface area (Å²) in [6.07, 6.45) is -1.68. The van der Waals surface area contributed by atoms with E-state index in [9.17, 15) is 18.0 Å². The number of rotatable bonds is 6. The predicted octanol–water partition coefficient (Wildman–Crippen LogP) is 2.83. The number of hydrogen-bond acceptors (Lipinski definition) is 3. The molecule has 0 unspecified atom stereocenters. The minimum Gasteiger partial charge on any atom is -0.355 e. The highest BCUT2D eigenvalue weighted by Crippen LogP contribution is 2.29. The molecule has 0 aromatic heterocycles. The largest absolute Gasteiger partial charge is 0.416 e. The zero-order valence-electron chi connectivity index (χ0n) is 18.4. The fourth-order valence-electron chi connectivity index (χ4n) is 3.19. The SMILES string of the molecule is CCCNC(=O)CN1CCC(NC(=NC)NCC#Cc2cccc(C(F)(F)F)c2)CC1.I. The summed E-state index contributed by atoms with van der Waals surface area (Å²) in [5.74, 6) is 6.22. The Hall–Kier alpha value is -2.00. The summed E-state index contributed by atoms with van der Waals surface area (Å²) >= 11 is 0. The molecule has 0 bridgehead atoms. The second kappa shape index (κ2) is 14.2. The summed E-state index contributed by atoms with van der Waals surface area (Å²) in [5, 5.41) is 9.29. The number of amides is 1. The van der Waals surface area contributed by atoms with Crippen molar-refractivity contribution in [1.29, 1.82) is 0 Å². The van der Waals surface area contributed by atoms with Crippen molar-refractivity contribution in [3.8, 4) is 11.8 Å². The summed E-state index contributed by atoms with van der Waals surface area (Å²) in [6.45, 7) is 5.05. The quantitative estimate of drug-likeness (QED) is 0.215. The average Bonchev–Trinajstić information content (AvgIpc) is 2.75. The van der Waals surface area contributed by atoms with Crippen LogP contribution in [0.2, 0.25) is 0 Å². The Bertz CT molecular complexity index is 812. The van der Waals surface area contributed by atoms with Gasteiger partial charge < -0.3 is 16.0 Å². The summed E-state index contributed by atoms with van der Waals surface area (Å²) in [4.78, 5) is 18.1. The van der Waals surface area contributed by atoms with Gasteiger partial charge in [-0.15, -0.1) is 24.0 Å². The summed E-state index contributed by atoms with van der Waals surface area (Å²) in [7, 11) is 1.66. The number of likely N-dealkylation sites (tertiary alicyclic amines) is 1. The molecule has 0 spiro atoms. The van der Waals surface area contributed by atoms with E-state index in [1.165, 1.54) is 6.07 Å². The van der Waals surface area contributed by atoms with Gasteiger partial charge in [0.05, 0.1) is 18.7 Å². The highest BCUT2D eigenvalue weighted by atomic mass is 127. The van der Waals surface area contributed by atoms with Crippen LogP contribution >= 0.6 is 24.0 Å². The Morgan fingerprint density at radius 2 is 1.97 bits per heavy atom. The molecule has 1 fully saturated rings. The number of aliphatic imine (C=N–C) groups is 1. The standard InChI is InChI=1S/C22H30F3N5O.HI/c1-3-11-27-20(31)16-30-13-9-19(10-14-30)29-21(26-2)28-12-5-7-17-6-4-8-18(15-17)22(23,24)25;/h4,6,8,15,19H,3,9-14,16H2,1-2H3,(H,27,31)(H2,26,28,29);1H. The third kappa shape index (κ3) is 10.1. The molecule has 0 aliphatic carbocycles. The van der Waals surface area contributed by atoms with E-state index in [0.717, 1.165) is 44.5 Å². The molecule has 2 rings (SSSR count). The van der Waals surface area contributed by atoms with Crippen LogP contribution in [0.15, 0.2) is 29.3 Å². The van der Waals surface area contributed by atoms with Gasteiger partial charge in [-0.2, -0.15) is 13.2 Å². The molecule has 1 saturated heterocycles. The molecule has 1 aromatic rings. The van der Waals surface area contributed by atoms with Crippen LogP contribution < -0.4 is 16.0 Å². The van der Waals surface area contributed by atoms with E-state index < -0.39 is 11.7 Å². The van der Waals surface area contributed by atoms with Crippen LogP contribution in [0.4, 0.5) is 13.2 Å². The number of alkyl halides is 3. The van der Waals surface area contributed by atoms with Gasteiger partial charge >= 0.3 is 6.18 Å². The van der Waals surface area contributed by atoms with Crippen molar-refractivity contribution in [2.24, 2.45) is 4.99 Å². The molecule has 1 heterocycles. The monoisotopic (exact) mass is 565 g/mol. The second-order valence-corrected chi connectivity index (χ2v) is 7.35. The Kier molecular flexibility index (Phi) is 12.4. The van der Waals surface area contributed by atoms with E-state index in [-0.39, 0.29) is 42.5 Å². The molecular formula is C22H31F3IN5O. The van der Waals surface area contributed by atoms with Gasteiger partial charge in [0.2, 0.25) is 5.91 Å². The smallest absolute Gasteiger partial charge is 0.355 e. The van der Waals surface area contributed by atoms with E-state index in [2.05, 4.69) is 37.7 Å². The van der Waals surface area contributed by atoms with Crippen LogP contribution in [0.1, 0.15) is 37.3 Å². The molecule has 32 heavy (non-hydrogen) atoms. The maximum absolute atomic E-state index is 12.8. The zero-order valence-corrected chi connectivity index (χ0v) is 20.7. The molecule has 1 aromatic carbocycles. The first-order valence-electron chi connectivity index (χ1n) is 10.4. The topological polar surface area (TPSA) is 68.8 Å². The van der Waals surface area contributed by atoms with Crippen LogP contribution in [-0.2, 0) is 11.0 Å². The number of hydrogen-bond donors (Lipinski definition) is 3. The van der Waals surface area contributed by atoms with E-state index in [1.807, 2.05) is 6.92 Å². The van der Waals surface area contributed by atoms with E-state index in [4.69, 9.17) is 0 Å². The minimum absolute atomic E-state index is 0. The van der Waals surface area contributed by atoms with Crippen molar-refractivity contribution in [1.82, 2.24) is 20.9 Å². The van der Waals surface area contributed by atoms with Crippen LogP contribution in [0.25, 0.3) is 0 Å². The third-order valence-electron chi connectivity index (χ3n) is 4.86. The van der Waals surface area contributed by atoms with Gasteiger partial charge in [-0.3, -0.25) is 14.7 Å². The van der Waals surface area contributed by atoms with Crippen LogP contribution in [0, 0.1) is 11.8 Å². The number of guanidine groups is 1. The highest BCUT2D eigenvalue weighted by Gasteiger charge is 2.30. The molecule has 1 aliphatic rings. The van der Waals surface area contributed by atoms with Gasteiger partial charge in [-0.1, -0.05) is 24.8 Å². The lowest BCUT2D eigenvalue weighted by Gasteiger charge is -2.32. The molecule has 178 valence electrons. The number of nitrogens with one attached hydrogen (secondary N) is 3. The van der Waals surface area contributed by atoms with Gasteiger partial charge in [0.15, 0.2) is 5.96 Å². The zero-order chi connectivity index (χ0) is 22.7. The van der Waals surface area contributed by atoms with Crippen molar-refractivity contribution < 1.29 is 18.0 Å². The summed E-state index contributed by atoms with van der Waals surface area (Å²) in [6, 6.07) is 5.19. The number of piperidine rings is 1. The second-order valence-electron chi connectivity index (χ2n) is 7.35. The average molecular weight is 565 g/mol. The van der Waals surface area contributed by atoms with Crippen molar-refractivity contribution in [2.75, 3.05) is 39.8 Å². The van der Waals surface area contributed by atoms with Crippen molar-refractivity contribution in [3.05, 3.63) is 35.4 Å². The first kappa shape index (κ1) is 28.0. The van der Waals surface area contributed by atoms with Gasteiger partial charge in [0.1, 0.15) is 0 Å². The molecule has 10 heteroatoms. The van der Waals surface area contributed by atoms with Crippen molar-refractivity contribution in [3.63, 3.8) is 0 Å². The molecule has 1 amide bonds. The van der Waals surface area contributed by atoms with Gasteiger partial charge in [-0.25, -0.2) is 0 Å². The number of nitrogens with zero attached hydrogens (tertiary/aromatic N) is 2. The van der Waals surface area contributed by atoms with Gasteiger partial charge in [0, 0.05) is 38.3 Å². The van der Waals surface area contributed by atoms with Crippen LogP contribution in [0.5, 0.6) is 0 Å². The molecule has 0 atom stereocenters. The Balaban J connectivity index is 0.00000512. The summed E-state index contributed by atoms with van der Waals surface area (Å²) in [5.41, 5.74) is -0.395. The molecule has 0 radical (unpaired) electrons. The first-order chi connectivity index (χ1) is 14.8. The molecule has 0 saturated carbocycles. The molecule has 1 aliphatic heterocycles. The van der Waals surface area contributed by atoms with Gasteiger partial charge in [-0.05, 0) is 37.5 Å². The van der Waals surface area contributed by atoms with Crippen LogP contribution in [-0.4, -0.2) is 62.6 Å². The lowest BCUT2D eigenvalue weighted by Crippen LogP contribution is -2.50. The van der Waals surface area contributed by atoms with E-state index >= 15 is 0 Å². The first-order valence-corrected chi connectivity index (χ1v) is 10.4. The molecule has 3 N–H and O–H groups in total. The Morgan fingerprint density at radius 1 is 1.25 bits per heavy atom. The normalized spacial score (nSPS) is 15.2. The van der Waals surface area contributed by atoms with Crippen LogP contribution in [0.3, 0.4) is 0 Å². The Morgan fingerprint density at radius 3 is 2.59 bits per heavy atom. The number of halogens is 4. The highest BCUT2D eigenvalue weighted by molar-refractivity contribution is 14.0. The predicted molar refractivity (Wildman–Crippen MR) is 131 cm³/mol. The fraction of sp³-hybridized carbons (Fsp3) is 0.545. The van der Waals surface area contributed by atoms with Crippen molar-refractivity contribution in [2.45, 2.75) is 38.4 Å². The molecule has 6 nitrogen and oxygen atoms in total. The summed E-state index contributed by atoms with van der Waals surface area (Å²) < 4.78 is 38.3.